The van der Waals surface area contributed by atoms with Gasteiger partial charge in [-0.25, -0.2) is 12.8 Å². The SMILES string of the molecule is CC1CCCC(S(=O)(=O)C(C)C(=O)c2ccc(F)cc2)C1. The van der Waals surface area contributed by atoms with Crippen LogP contribution in [0.25, 0.3) is 0 Å². The number of ketones is 1. The molecule has 0 N–H and O–H groups in total. The van der Waals surface area contributed by atoms with Gasteiger partial charge in [-0.3, -0.25) is 4.79 Å². The number of Topliss-reactive ketones (excluding diaryl/α,β-unsaturated/α-hetero) is 1. The third kappa shape index (κ3) is 3.51. The molecule has 0 aromatic heterocycles. The smallest absolute Gasteiger partial charge is 0.180 e. The zero-order chi connectivity index (χ0) is 15.6. The molecule has 3 atom stereocenters. The minimum atomic E-state index is -3.50. The van der Waals surface area contributed by atoms with E-state index in [9.17, 15) is 17.6 Å². The number of hydrogen-bond acceptors (Lipinski definition) is 3. The quantitative estimate of drug-likeness (QED) is 0.801. The van der Waals surface area contributed by atoms with Crippen molar-refractivity contribution in [2.24, 2.45) is 5.92 Å². The average molecular weight is 312 g/mol. The van der Waals surface area contributed by atoms with Gasteiger partial charge in [-0.2, -0.15) is 0 Å². The molecule has 116 valence electrons. The summed E-state index contributed by atoms with van der Waals surface area (Å²) in [5, 5.41) is -1.50. The van der Waals surface area contributed by atoms with Crippen molar-refractivity contribution in [3.8, 4) is 0 Å². The van der Waals surface area contributed by atoms with Crippen LogP contribution in [0.15, 0.2) is 24.3 Å². The Labute approximate surface area is 125 Å². The van der Waals surface area contributed by atoms with Crippen LogP contribution in [0.3, 0.4) is 0 Å². The van der Waals surface area contributed by atoms with E-state index in [2.05, 4.69) is 0 Å². The summed E-state index contributed by atoms with van der Waals surface area (Å²) in [5.74, 6) is -0.511. The Morgan fingerprint density at radius 1 is 1.24 bits per heavy atom. The molecular weight excluding hydrogens is 291 g/mol. The summed E-state index contributed by atoms with van der Waals surface area (Å²) in [4.78, 5) is 12.3. The Hall–Kier alpha value is -1.23. The monoisotopic (exact) mass is 312 g/mol. The zero-order valence-electron chi connectivity index (χ0n) is 12.4. The van der Waals surface area contributed by atoms with Crippen molar-refractivity contribution < 1.29 is 17.6 Å². The number of benzene rings is 1. The third-order valence-corrected chi connectivity index (χ3v) is 6.90. The second kappa shape index (κ2) is 6.26. The molecule has 1 aromatic carbocycles. The number of rotatable bonds is 4. The second-order valence-electron chi connectivity index (χ2n) is 6.00. The predicted molar refractivity (Wildman–Crippen MR) is 80.5 cm³/mol. The van der Waals surface area contributed by atoms with E-state index in [-0.39, 0.29) is 5.56 Å². The van der Waals surface area contributed by atoms with Gasteiger partial charge < -0.3 is 0 Å². The fraction of sp³-hybridized carbons (Fsp3) is 0.562. The van der Waals surface area contributed by atoms with Gasteiger partial charge in [0.25, 0.3) is 0 Å². The fourth-order valence-corrected chi connectivity index (χ4v) is 5.07. The topological polar surface area (TPSA) is 51.2 Å². The van der Waals surface area contributed by atoms with Gasteiger partial charge >= 0.3 is 0 Å². The van der Waals surface area contributed by atoms with Gasteiger partial charge in [-0.15, -0.1) is 0 Å². The van der Waals surface area contributed by atoms with Crippen LogP contribution in [-0.4, -0.2) is 24.7 Å². The lowest BCUT2D eigenvalue weighted by atomic mass is 9.90. The lowest BCUT2D eigenvalue weighted by Crippen LogP contribution is -2.38. The minimum Gasteiger partial charge on any atom is -0.293 e. The predicted octanol–water partition coefficient (Wildman–Crippen LogP) is 3.39. The Morgan fingerprint density at radius 2 is 1.86 bits per heavy atom. The second-order valence-corrected chi connectivity index (χ2v) is 8.55. The van der Waals surface area contributed by atoms with E-state index < -0.39 is 31.9 Å². The summed E-state index contributed by atoms with van der Waals surface area (Å²) in [6, 6.07) is 5.03. The molecular formula is C16H21FO3S. The van der Waals surface area contributed by atoms with Crippen LogP contribution in [-0.2, 0) is 9.84 Å². The van der Waals surface area contributed by atoms with Crippen LogP contribution in [0.1, 0.15) is 49.9 Å². The maximum Gasteiger partial charge on any atom is 0.180 e. The number of carbonyl (C=O) groups excluding carboxylic acids is 1. The maximum atomic E-state index is 12.9. The van der Waals surface area contributed by atoms with Crippen LogP contribution in [0.2, 0.25) is 0 Å². The van der Waals surface area contributed by atoms with Crippen molar-refractivity contribution in [1.82, 2.24) is 0 Å². The van der Waals surface area contributed by atoms with E-state index in [1.165, 1.54) is 31.2 Å². The van der Waals surface area contributed by atoms with Crippen molar-refractivity contribution in [2.45, 2.75) is 50.0 Å². The van der Waals surface area contributed by atoms with Crippen LogP contribution < -0.4 is 0 Å². The van der Waals surface area contributed by atoms with Crippen molar-refractivity contribution >= 4 is 15.6 Å². The Morgan fingerprint density at radius 3 is 2.43 bits per heavy atom. The largest absolute Gasteiger partial charge is 0.293 e. The average Bonchev–Trinajstić information content (AvgIpc) is 2.46. The number of carbonyl (C=O) groups is 1. The number of halogens is 1. The Kier molecular flexibility index (Phi) is 4.81. The van der Waals surface area contributed by atoms with Gasteiger partial charge in [0.15, 0.2) is 15.6 Å². The highest BCUT2D eigenvalue weighted by Crippen LogP contribution is 2.31. The zero-order valence-corrected chi connectivity index (χ0v) is 13.2. The molecule has 1 aromatic rings. The first-order valence-electron chi connectivity index (χ1n) is 7.35. The van der Waals surface area contributed by atoms with Gasteiger partial charge in [-0.05, 0) is 49.9 Å². The first-order chi connectivity index (χ1) is 9.82. The maximum absolute atomic E-state index is 12.9. The molecule has 1 fully saturated rings. The van der Waals surface area contributed by atoms with Gasteiger partial charge in [0.2, 0.25) is 0 Å². The molecule has 0 aliphatic heterocycles. The third-order valence-electron chi connectivity index (χ3n) is 4.34. The molecule has 0 bridgehead atoms. The first kappa shape index (κ1) is 16.1. The molecule has 0 saturated heterocycles. The Balaban J connectivity index is 2.19. The van der Waals surface area contributed by atoms with Crippen molar-refractivity contribution in [2.75, 3.05) is 0 Å². The molecule has 5 heteroatoms. The number of hydrogen-bond donors (Lipinski definition) is 0. The fourth-order valence-electron chi connectivity index (χ4n) is 2.96. The highest BCUT2D eigenvalue weighted by atomic mass is 32.2. The van der Waals surface area contributed by atoms with Gasteiger partial charge in [-0.1, -0.05) is 19.8 Å². The minimum absolute atomic E-state index is 0.247. The number of sulfone groups is 1. The van der Waals surface area contributed by atoms with Crippen molar-refractivity contribution in [3.63, 3.8) is 0 Å². The summed E-state index contributed by atoms with van der Waals surface area (Å²) in [7, 11) is -3.50. The van der Waals surface area contributed by atoms with Crippen LogP contribution in [0.4, 0.5) is 4.39 Å². The summed E-state index contributed by atoms with van der Waals surface area (Å²) in [5.41, 5.74) is 0.247. The molecule has 0 heterocycles. The van der Waals surface area contributed by atoms with E-state index in [1.807, 2.05) is 6.92 Å². The molecule has 1 saturated carbocycles. The lowest BCUT2D eigenvalue weighted by molar-refractivity contribution is 0.0990. The Bertz CT molecular complexity index is 607. The van der Waals surface area contributed by atoms with Gasteiger partial charge in [0.05, 0.1) is 5.25 Å². The van der Waals surface area contributed by atoms with Gasteiger partial charge in [0.1, 0.15) is 11.1 Å². The van der Waals surface area contributed by atoms with Gasteiger partial charge in [0, 0.05) is 5.56 Å². The highest BCUT2D eigenvalue weighted by molar-refractivity contribution is 7.93. The highest BCUT2D eigenvalue weighted by Gasteiger charge is 2.37. The van der Waals surface area contributed by atoms with Crippen LogP contribution >= 0.6 is 0 Å². The van der Waals surface area contributed by atoms with Crippen molar-refractivity contribution in [3.05, 3.63) is 35.6 Å². The lowest BCUT2D eigenvalue weighted by Gasteiger charge is -2.28. The summed E-state index contributed by atoms with van der Waals surface area (Å²) < 4.78 is 38.1. The van der Waals surface area contributed by atoms with E-state index in [4.69, 9.17) is 0 Å². The summed E-state index contributed by atoms with van der Waals surface area (Å²) in [6.45, 7) is 3.49. The summed E-state index contributed by atoms with van der Waals surface area (Å²) in [6.07, 6.45) is 3.20. The molecule has 3 nitrogen and oxygen atoms in total. The summed E-state index contributed by atoms with van der Waals surface area (Å²) >= 11 is 0. The molecule has 0 amide bonds. The molecule has 21 heavy (non-hydrogen) atoms. The molecule has 1 aliphatic carbocycles. The van der Waals surface area contributed by atoms with E-state index in [0.29, 0.717) is 18.8 Å². The molecule has 1 aliphatic rings. The standard InChI is InChI=1S/C16H21FO3S/c1-11-4-3-5-15(10-11)21(19,20)12(2)16(18)13-6-8-14(17)9-7-13/h6-9,11-12,15H,3-5,10H2,1-2H3. The molecule has 0 spiro atoms. The molecule has 3 unspecified atom stereocenters. The molecule has 2 rings (SSSR count). The van der Waals surface area contributed by atoms with E-state index in [0.717, 1.165) is 12.8 Å². The molecule has 0 radical (unpaired) electrons. The van der Waals surface area contributed by atoms with E-state index in [1.54, 1.807) is 0 Å². The van der Waals surface area contributed by atoms with Crippen LogP contribution in [0, 0.1) is 11.7 Å². The van der Waals surface area contributed by atoms with Crippen LogP contribution in [0.5, 0.6) is 0 Å². The normalized spacial score (nSPS) is 24.5. The van der Waals surface area contributed by atoms with E-state index >= 15 is 0 Å². The van der Waals surface area contributed by atoms with Crippen molar-refractivity contribution in [1.29, 1.82) is 0 Å². The first-order valence-corrected chi connectivity index (χ1v) is 8.96.